The second kappa shape index (κ2) is 6.18. The van der Waals surface area contributed by atoms with Gasteiger partial charge in [-0.3, -0.25) is 0 Å². The number of nitrogen functional groups attached to an aromatic ring is 1. The second-order valence-corrected chi connectivity index (χ2v) is 6.18. The molecule has 0 amide bonds. The highest BCUT2D eigenvalue weighted by Crippen LogP contribution is 2.35. The van der Waals surface area contributed by atoms with E-state index in [9.17, 15) is 13.2 Å². The average Bonchev–Trinajstić information content (AvgIpc) is 2.79. The number of nitrogens with two attached hydrogens (primary N) is 1. The van der Waals surface area contributed by atoms with E-state index in [4.69, 9.17) is 5.73 Å². The number of nitrogens with zero attached hydrogens (tertiary/aromatic N) is 7. The molecule has 0 aromatic carbocycles. The number of anilines is 2. The predicted molar refractivity (Wildman–Crippen MR) is 78.8 cm³/mol. The van der Waals surface area contributed by atoms with Gasteiger partial charge in [0.05, 0.1) is 5.25 Å². The Labute approximate surface area is 134 Å². The van der Waals surface area contributed by atoms with Crippen molar-refractivity contribution in [2.75, 3.05) is 24.7 Å². The summed E-state index contributed by atoms with van der Waals surface area (Å²) in [5, 5.41) is 6.47. The monoisotopic (exact) mass is 348 g/mol. The molecule has 23 heavy (non-hydrogen) atoms. The van der Waals surface area contributed by atoms with Gasteiger partial charge in [0.1, 0.15) is 5.82 Å². The molecule has 2 N–H and O–H groups in total. The van der Waals surface area contributed by atoms with E-state index in [0.717, 1.165) is 16.3 Å². The fourth-order valence-electron chi connectivity index (χ4n) is 1.65. The van der Waals surface area contributed by atoms with Crippen LogP contribution in [0, 0.1) is 0 Å². The van der Waals surface area contributed by atoms with Crippen molar-refractivity contribution in [3.63, 3.8) is 0 Å². The number of hydrogen-bond acceptors (Lipinski definition) is 8. The molecular formula is C11H15F3N8S. The number of hydrogen-bond donors (Lipinski definition) is 1. The molecule has 0 aliphatic rings. The molecule has 2 aromatic rings. The first kappa shape index (κ1) is 17.2. The lowest BCUT2D eigenvalue weighted by atomic mass is 10.4. The molecule has 1 atom stereocenters. The molecule has 12 heteroatoms. The Hall–Kier alpha value is -2.11. The van der Waals surface area contributed by atoms with Crippen molar-refractivity contribution in [1.29, 1.82) is 0 Å². The fourth-order valence-corrected chi connectivity index (χ4v) is 2.51. The van der Waals surface area contributed by atoms with E-state index in [-0.39, 0.29) is 16.4 Å². The molecule has 0 unspecified atom stereocenters. The molecule has 0 fully saturated rings. The lowest BCUT2D eigenvalue weighted by Crippen LogP contribution is -2.16. The zero-order valence-corrected chi connectivity index (χ0v) is 13.6. The van der Waals surface area contributed by atoms with Crippen LogP contribution in [0.5, 0.6) is 0 Å². The van der Waals surface area contributed by atoms with Crippen LogP contribution >= 0.6 is 11.8 Å². The van der Waals surface area contributed by atoms with E-state index in [2.05, 4.69) is 25.1 Å². The van der Waals surface area contributed by atoms with Gasteiger partial charge in [-0.15, -0.1) is 10.2 Å². The van der Waals surface area contributed by atoms with Crippen LogP contribution in [0.15, 0.2) is 5.16 Å². The quantitative estimate of drug-likeness (QED) is 0.831. The second-order valence-electron chi connectivity index (χ2n) is 4.87. The fraction of sp³-hybridized carbons (Fsp3) is 0.545. The summed E-state index contributed by atoms with van der Waals surface area (Å²) in [4.78, 5) is 13.9. The molecule has 0 spiro atoms. The molecule has 0 aliphatic carbocycles. The first-order valence-corrected chi connectivity index (χ1v) is 7.29. The first-order valence-electron chi connectivity index (χ1n) is 6.41. The van der Waals surface area contributed by atoms with Gasteiger partial charge in [0.2, 0.25) is 17.7 Å². The Morgan fingerprint density at radius 1 is 1.17 bits per heavy atom. The standard InChI is InChI=1S/C11H15F3N8S/c1-5(6-16-8(15)18-9(17-6)21(2)3)23-10-20-19-7(22(10)4)11(12,13)14/h5H,1-4H3,(H2,15,16,17,18)/t5-/m0/s1. The van der Waals surface area contributed by atoms with Crippen LogP contribution < -0.4 is 10.6 Å². The number of thioether (sulfide) groups is 1. The third-order valence-electron chi connectivity index (χ3n) is 2.79. The van der Waals surface area contributed by atoms with E-state index >= 15 is 0 Å². The molecule has 126 valence electrons. The first-order chi connectivity index (χ1) is 10.6. The Balaban J connectivity index is 2.26. The minimum atomic E-state index is -4.56. The number of aromatic nitrogens is 6. The van der Waals surface area contributed by atoms with Crippen molar-refractivity contribution in [3.05, 3.63) is 11.6 Å². The maximum atomic E-state index is 12.7. The molecule has 8 nitrogen and oxygen atoms in total. The van der Waals surface area contributed by atoms with Crippen LogP contribution in [0.25, 0.3) is 0 Å². The molecule has 0 bridgehead atoms. The Morgan fingerprint density at radius 3 is 2.35 bits per heavy atom. The normalized spacial score (nSPS) is 13.2. The summed E-state index contributed by atoms with van der Waals surface area (Å²) in [5.41, 5.74) is 5.64. The third kappa shape index (κ3) is 3.81. The summed E-state index contributed by atoms with van der Waals surface area (Å²) in [5.74, 6) is -0.298. The number of alkyl halides is 3. The van der Waals surface area contributed by atoms with Gasteiger partial charge in [-0.05, 0) is 6.92 Å². The van der Waals surface area contributed by atoms with Crippen LogP contribution in [0.3, 0.4) is 0 Å². The van der Waals surface area contributed by atoms with Gasteiger partial charge in [0.15, 0.2) is 5.16 Å². The smallest absolute Gasteiger partial charge is 0.368 e. The maximum absolute atomic E-state index is 12.7. The topological polar surface area (TPSA) is 98.6 Å². The highest BCUT2D eigenvalue weighted by Gasteiger charge is 2.37. The van der Waals surface area contributed by atoms with Crippen molar-refractivity contribution in [2.45, 2.75) is 23.5 Å². The van der Waals surface area contributed by atoms with Crippen molar-refractivity contribution in [1.82, 2.24) is 29.7 Å². The summed E-state index contributed by atoms with van der Waals surface area (Å²) in [7, 11) is 4.74. The molecule has 0 saturated carbocycles. The summed E-state index contributed by atoms with van der Waals surface area (Å²) >= 11 is 1.05. The third-order valence-corrected chi connectivity index (χ3v) is 3.92. The minimum absolute atomic E-state index is 0.0418. The summed E-state index contributed by atoms with van der Waals surface area (Å²) in [6.07, 6.45) is -4.56. The van der Waals surface area contributed by atoms with Gasteiger partial charge in [-0.2, -0.15) is 28.1 Å². The van der Waals surface area contributed by atoms with Crippen molar-refractivity contribution >= 4 is 23.7 Å². The molecule has 0 aliphatic heterocycles. The van der Waals surface area contributed by atoms with Crippen molar-refractivity contribution in [2.24, 2.45) is 7.05 Å². The summed E-state index contributed by atoms with van der Waals surface area (Å²) < 4.78 is 39.1. The van der Waals surface area contributed by atoms with Gasteiger partial charge in [0, 0.05) is 21.1 Å². The van der Waals surface area contributed by atoms with Crippen LogP contribution in [-0.2, 0) is 13.2 Å². The molecule has 0 saturated heterocycles. The number of halogens is 3. The van der Waals surface area contributed by atoms with Gasteiger partial charge in [-0.25, -0.2) is 0 Å². The van der Waals surface area contributed by atoms with E-state index in [1.165, 1.54) is 7.05 Å². The van der Waals surface area contributed by atoms with Crippen molar-refractivity contribution < 1.29 is 13.2 Å². The van der Waals surface area contributed by atoms with E-state index in [1.807, 2.05) is 0 Å². The molecule has 2 aromatic heterocycles. The van der Waals surface area contributed by atoms with Crippen LogP contribution in [0.1, 0.15) is 23.8 Å². The average molecular weight is 348 g/mol. The summed E-state index contributed by atoms with van der Waals surface area (Å²) in [6.45, 7) is 1.74. The molecular weight excluding hydrogens is 333 g/mol. The van der Waals surface area contributed by atoms with Crippen LogP contribution in [0.2, 0.25) is 0 Å². The highest BCUT2D eigenvalue weighted by atomic mass is 32.2. The maximum Gasteiger partial charge on any atom is 0.451 e. The minimum Gasteiger partial charge on any atom is -0.368 e. The SMILES string of the molecule is C[C@H](Sc1nnc(C(F)(F)F)n1C)c1nc(N)nc(N(C)C)n1. The van der Waals surface area contributed by atoms with E-state index < -0.39 is 12.0 Å². The Kier molecular flexibility index (Phi) is 4.63. The van der Waals surface area contributed by atoms with E-state index in [0.29, 0.717) is 11.8 Å². The van der Waals surface area contributed by atoms with Gasteiger partial charge in [0.25, 0.3) is 0 Å². The predicted octanol–water partition coefficient (Wildman–Crippen LogP) is 1.52. The van der Waals surface area contributed by atoms with Gasteiger partial charge >= 0.3 is 6.18 Å². The molecule has 2 heterocycles. The zero-order chi connectivity index (χ0) is 17.4. The zero-order valence-electron chi connectivity index (χ0n) is 12.8. The lowest BCUT2D eigenvalue weighted by molar-refractivity contribution is -0.147. The van der Waals surface area contributed by atoms with Crippen LogP contribution in [-0.4, -0.2) is 43.8 Å². The van der Waals surface area contributed by atoms with E-state index in [1.54, 1.807) is 25.9 Å². The highest BCUT2D eigenvalue weighted by molar-refractivity contribution is 7.99. The molecule has 0 radical (unpaired) electrons. The summed E-state index contributed by atoms with van der Waals surface area (Å²) in [6, 6.07) is 0. The molecule has 2 rings (SSSR count). The Bertz CT molecular complexity index is 699. The number of rotatable bonds is 4. The van der Waals surface area contributed by atoms with Crippen LogP contribution in [0.4, 0.5) is 25.1 Å². The lowest BCUT2D eigenvalue weighted by Gasteiger charge is -2.14. The van der Waals surface area contributed by atoms with Gasteiger partial charge in [-0.1, -0.05) is 11.8 Å². The Morgan fingerprint density at radius 2 is 1.83 bits per heavy atom. The van der Waals surface area contributed by atoms with Gasteiger partial charge < -0.3 is 15.2 Å². The van der Waals surface area contributed by atoms with Crippen molar-refractivity contribution in [3.8, 4) is 0 Å². The largest absolute Gasteiger partial charge is 0.451 e.